The van der Waals surface area contributed by atoms with Gasteiger partial charge in [-0.25, -0.2) is 4.68 Å². The third-order valence-corrected chi connectivity index (χ3v) is 9.14. The van der Waals surface area contributed by atoms with Crippen molar-refractivity contribution in [3.63, 3.8) is 0 Å². The van der Waals surface area contributed by atoms with Gasteiger partial charge >= 0.3 is 0 Å². The van der Waals surface area contributed by atoms with Crippen molar-refractivity contribution >= 4 is 19.2 Å². The Morgan fingerprint density at radius 2 is 1.87 bits per heavy atom. The number of ether oxygens (including phenoxy) is 1. The Hall–Kier alpha value is -2.19. The fraction of sp³-hybridized carbons (Fsp3) is 0.458. The van der Waals surface area contributed by atoms with Crippen molar-refractivity contribution in [2.24, 2.45) is 5.92 Å². The van der Waals surface area contributed by atoms with Gasteiger partial charge in [-0.15, -0.1) is 0 Å². The molecule has 4 rings (SSSR count). The first-order valence-electron chi connectivity index (χ1n) is 11.1. The number of rotatable bonds is 7. The van der Waals surface area contributed by atoms with Crippen molar-refractivity contribution in [1.82, 2.24) is 9.78 Å². The van der Waals surface area contributed by atoms with E-state index in [1.165, 1.54) is 0 Å². The summed E-state index contributed by atoms with van der Waals surface area (Å²) >= 11 is 0. The number of nitrogens with zero attached hydrogens (tertiary/aromatic N) is 1. The summed E-state index contributed by atoms with van der Waals surface area (Å²) in [5, 5.41) is 13.3. The predicted molar refractivity (Wildman–Crippen MR) is 125 cm³/mol. The maximum Gasteiger partial charge on any atom is 0.279 e. The molecule has 1 aliphatic rings. The number of aliphatic hydroxyl groups excluding tert-OH is 1. The minimum Gasteiger partial charge on any atom is -0.432 e. The van der Waals surface area contributed by atoms with Gasteiger partial charge in [0.1, 0.15) is 0 Å². The molecule has 7 heteroatoms. The van der Waals surface area contributed by atoms with Gasteiger partial charge in [-0.3, -0.25) is 9.89 Å². The van der Waals surface area contributed by atoms with E-state index >= 15 is 0 Å². The number of fused-ring (bicyclic) bond motifs is 1. The monoisotopic (exact) mass is 440 g/mol. The molecule has 31 heavy (non-hydrogen) atoms. The number of aryl methyl sites for hydroxylation is 1. The maximum absolute atomic E-state index is 12.7. The van der Waals surface area contributed by atoms with Crippen molar-refractivity contribution in [2.75, 3.05) is 6.61 Å². The lowest BCUT2D eigenvalue weighted by molar-refractivity contribution is 0.0192. The normalized spacial score (nSPS) is 24.2. The fourth-order valence-corrected chi connectivity index (χ4v) is 7.86. The third kappa shape index (κ3) is 4.41. The molecule has 2 aromatic carbocycles. The average molecular weight is 441 g/mol. The van der Waals surface area contributed by atoms with E-state index in [1.54, 1.807) is 4.68 Å². The minimum absolute atomic E-state index is 0.0506. The van der Waals surface area contributed by atoms with Gasteiger partial charge in [0, 0.05) is 12.1 Å². The van der Waals surface area contributed by atoms with E-state index in [1.807, 2.05) is 55.6 Å². The van der Waals surface area contributed by atoms with Crippen LogP contribution in [0.5, 0.6) is 0 Å². The van der Waals surface area contributed by atoms with Gasteiger partial charge in [-0.1, -0.05) is 31.2 Å². The lowest BCUT2D eigenvalue weighted by atomic mass is 9.95. The van der Waals surface area contributed by atoms with Gasteiger partial charge in [-0.05, 0) is 68.1 Å². The zero-order valence-electron chi connectivity index (χ0n) is 18.4. The second-order valence-electron chi connectivity index (χ2n) is 9.27. The Balaban J connectivity index is 1.51. The van der Waals surface area contributed by atoms with Crippen molar-refractivity contribution in [2.45, 2.75) is 57.0 Å². The summed E-state index contributed by atoms with van der Waals surface area (Å²) in [6.45, 7) is 6.17. The van der Waals surface area contributed by atoms with Crippen LogP contribution in [0.25, 0.3) is 16.6 Å². The number of benzene rings is 2. The molecule has 1 aliphatic heterocycles. The molecular formula is C24H32N2O4Si. The van der Waals surface area contributed by atoms with E-state index in [-0.39, 0.29) is 35.8 Å². The summed E-state index contributed by atoms with van der Waals surface area (Å²) in [6, 6.07) is 15.5. The summed E-state index contributed by atoms with van der Waals surface area (Å²) < 4.78 is 7.90. The van der Waals surface area contributed by atoms with Gasteiger partial charge in [0.2, 0.25) is 0 Å². The van der Waals surface area contributed by atoms with Crippen LogP contribution in [0.1, 0.15) is 25.3 Å². The highest BCUT2D eigenvalue weighted by molar-refractivity contribution is 6.71. The van der Waals surface area contributed by atoms with Gasteiger partial charge in [0.05, 0.1) is 28.8 Å². The third-order valence-electron chi connectivity index (χ3n) is 6.61. The second kappa shape index (κ2) is 8.74. The molecule has 166 valence electrons. The largest absolute Gasteiger partial charge is 0.432 e. The highest BCUT2D eigenvalue weighted by Crippen LogP contribution is 2.45. The first-order chi connectivity index (χ1) is 14.8. The molecule has 1 fully saturated rings. The van der Waals surface area contributed by atoms with Crippen LogP contribution in [0.15, 0.2) is 53.3 Å². The molecule has 0 bridgehead atoms. The first kappa shape index (κ1) is 22.0. The molecule has 0 unspecified atom stereocenters. The Labute approximate surface area is 183 Å². The van der Waals surface area contributed by atoms with E-state index < -0.39 is 8.32 Å². The fourth-order valence-electron chi connectivity index (χ4n) is 5.21. The quantitative estimate of drug-likeness (QED) is 0.490. The number of para-hydroxylation sites is 1. The van der Waals surface area contributed by atoms with Crippen molar-refractivity contribution in [3.05, 3.63) is 64.4 Å². The molecule has 0 spiro atoms. The van der Waals surface area contributed by atoms with Crippen molar-refractivity contribution in [1.29, 1.82) is 0 Å². The maximum atomic E-state index is 12.7. The van der Waals surface area contributed by atoms with E-state index in [4.69, 9.17) is 4.74 Å². The molecule has 0 aliphatic carbocycles. The molecule has 6 nitrogen and oxygen atoms in total. The van der Waals surface area contributed by atoms with Crippen molar-refractivity contribution in [3.8, 4) is 5.69 Å². The SMILES string of the molecule is C[C@@H]1[C@@H]([Si](C)(C)O)[C@H](CCO)O[C@@H]1CCc1cccc(-n2[nH]c3ccccc3c2=O)c1. The summed E-state index contributed by atoms with van der Waals surface area (Å²) in [7, 11) is -2.39. The molecule has 1 aromatic heterocycles. The Morgan fingerprint density at radius 1 is 1.10 bits per heavy atom. The molecule has 2 heterocycles. The molecule has 0 amide bonds. The highest BCUT2D eigenvalue weighted by Gasteiger charge is 2.49. The molecule has 0 radical (unpaired) electrons. The molecule has 4 atom stereocenters. The summed E-state index contributed by atoms with van der Waals surface area (Å²) in [5.74, 6) is 0.253. The number of H-pyrrole nitrogens is 1. The number of nitrogens with one attached hydrogen (secondary N) is 1. The minimum atomic E-state index is -2.39. The Kier molecular flexibility index (Phi) is 6.21. The summed E-state index contributed by atoms with van der Waals surface area (Å²) in [4.78, 5) is 23.5. The van der Waals surface area contributed by atoms with Crippen LogP contribution < -0.4 is 5.56 Å². The van der Waals surface area contributed by atoms with E-state index in [9.17, 15) is 14.7 Å². The van der Waals surface area contributed by atoms with Gasteiger partial charge < -0.3 is 14.6 Å². The van der Waals surface area contributed by atoms with Crippen LogP contribution in [-0.4, -0.2) is 46.8 Å². The summed E-state index contributed by atoms with van der Waals surface area (Å²) in [6.07, 6.45) is 2.22. The Morgan fingerprint density at radius 3 is 2.58 bits per heavy atom. The number of aromatic amines is 1. The van der Waals surface area contributed by atoms with E-state index in [2.05, 4.69) is 18.1 Å². The molecular weight excluding hydrogens is 408 g/mol. The second-order valence-corrected chi connectivity index (χ2v) is 13.2. The number of aromatic nitrogens is 2. The van der Waals surface area contributed by atoms with Crippen molar-refractivity contribution < 1.29 is 14.6 Å². The topological polar surface area (TPSA) is 87.5 Å². The van der Waals surface area contributed by atoms with E-state index in [0.29, 0.717) is 11.8 Å². The van der Waals surface area contributed by atoms with E-state index in [0.717, 1.165) is 29.6 Å². The molecule has 0 saturated carbocycles. The first-order valence-corrected chi connectivity index (χ1v) is 14.1. The smallest absolute Gasteiger partial charge is 0.279 e. The van der Waals surface area contributed by atoms with Gasteiger partial charge in [0.25, 0.3) is 5.56 Å². The van der Waals surface area contributed by atoms with Crippen LogP contribution in [0.4, 0.5) is 0 Å². The number of hydrogen-bond donors (Lipinski definition) is 3. The molecule has 3 N–H and O–H groups in total. The lowest BCUT2D eigenvalue weighted by Crippen LogP contribution is -2.40. The molecule has 3 aromatic rings. The number of aliphatic hydroxyl groups is 1. The standard InChI is InChI=1S/C24H32N2O4Si/c1-16-21(30-22(13-14-27)23(16)31(2,3)29)12-11-17-7-6-8-18(15-17)26-24(28)19-9-4-5-10-20(19)25-26/h4-10,15-16,21-23,25,27,29H,11-14H2,1-3H3/t16-,21+,22-,23+/m0/s1. The zero-order valence-corrected chi connectivity index (χ0v) is 19.4. The van der Waals surface area contributed by atoms with Crippen LogP contribution in [0.3, 0.4) is 0 Å². The lowest BCUT2D eigenvalue weighted by Gasteiger charge is -2.30. The van der Waals surface area contributed by atoms with Gasteiger partial charge in [-0.2, -0.15) is 0 Å². The van der Waals surface area contributed by atoms with Crippen LogP contribution in [-0.2, 0) is 11.2 Å². The Bertz CT molecular complexity index is 1100. The van der Waals surface area contributed by atoms with Crippen LogP contribution in [0, 0.1) is 5.92 Å². The van der Waals surface area contributed by atoms with Gasteiger partial charge in [0.15, 0.2) is 8.32 Å². The van der Waals surface area contributed by atoms with Crippen LogP contribution >= 0.6 is 0 Å². The zero-order chi connectivity index (χ0) is 22.2. The molecule has 1 saturated heterocycles. The summed E-state index contributed by atoms with van der Waals surface area (Å²) in [5.41, 5.74) is 2.86. The predicted octanol–water partition coefficient (Wildman–Crippen LogP) is 3.60. The van der Waals surface area contributed by atoms with Crippen LogP contribution in [0.2, 0.25) is 18.6 Å². The number of hydrogen-bond acceptors (Lipinski definition) is 4. The average Bonchev–Trinajstić information content (AvgIpc) is 3.24. The highest BCUT2D eigenvalue weighted by atomic mass is 28.4.